The average molecular weight is 309 g/mol. The van der Waals surface area contributed by atoms with Crippen LogP contribution in [0.25, 0.3) is 0 Å². The molecule has 0 radical (unpaired) electrons. The Morgan fingerprint density at radius 3 is 2.64 bits per heavy atom. The van der Waals surface area contributed by atoms with E-state index in [1.165, 1.54) is 40.1 Å². The number of hydrogen-bond acceptors (Lipinski definition) is 10. The molecule has 0 aliphatic heterocycles. The lowest BCUT2D eigenvalue weighted by Crippen LogP contribution is -2.19. The van der Waals surface area contributed by atoms with Crippen molar-refractivity contribution in [1.82, 2.24) is 9.97 Å². The van der Waals surface area contributed by atoms with Gasteiger partial charge < -0.3 is 19.2 Å². The Labute approximate surface area is 126 Å². The van der Waals surface area contributed by atoms with Crippen LogP contribution in [0.1, 0.15) is 12.5 Å². The lowest BCUT2D eigenvalue weighted by atomic mass is 10.2. The second kappa shape index (κ2) is 9.00. The van der Waals surface area contributed by atoms with Crippen molar-refractivity contribution < 1.29 is 24.0 Å². The first kappa shape index (κ1) is 17.0. The summed E-state index contributed by atoms with van der Waals surface area (Å²) >= 11 is 0. The molecule has 0 saturated heterocycles. The average Bonchev–Trinajstić information content (AvgIpc) is 2.55. The van der Waals surface area contributed by atoms with E-state index in [2.05, 4.69) is 39.8 Å². The Bertz CT molecular complexity index is 599. The van der Waals surface area contributed by atoms with E-state index < -0.39 is 5.97 Å². The number of carbonyl (C=O) groups is 1. The Morgan fingerprint density at radius 1 is 1.23 bits per heavy atom. The van der Waals surface area contributed by atoms with E-state index in [0.717, 1.165) is 0 Å². The molecule has 0 N–H and O–H groups in total. The van der Waals surface area contributed by atoms with Gasteiger partial charge >= 0.3 is 5.97 Å². The maximum Gasteiger partial charge on any atom is 0.361 e. The summed E-state index contributed by atoms with van der Waals surface area (Å²) < 4.78 is 4.62. The molecular formula is C12H15N5O5. The van der Waals surface area contributed by atoms with E-state index in [-0.39, 0.29) is 17.2 Å². The molecule has 0 unspecified atom stereocenters. The van der Waals surface area contributed by atoms with Crippen molar-refractivity contribution in [2.75, 3.05) is 21.3 Å². The van der Waals surface area contributed by atoms with Gasteiger partial charge in [0.15, 0.2) is 0 Å². The number of methoxy groups -OCH3 is 1. The molecule has 118 valence electrons. The molecule has 1 heterocycles. The van der Waals surface area contributed by atoms with E-state index in [1.807, 2.05) is 0 Å². The molecule has 0 aliphatic rings. The van der Waals surface area contributed by atoms with Gasteiger partial charge in [0.2, 0.25) is 5.71 Å². The van der Waals surface area contributed by atoms with Gasteiger partial charge in [-0.25, -0.2) is 9.78 Å². The predicted octanol–water partition coefficient (Wildman–Crippen LogP) is 0.387. The number of nitrogens with zero attached hydrogens (tertiary/aromatic N) is 5. The molecule has 0 saturated carbocycles. The van der Waals surface area contributed by atoms with Gasteiger partial charge in [-0.1, -0.05) is 15.5 Å². The van der Waals surface area contributed by atoms with Crippen LogP contribution in [-0.4, -0.2) is 54.9 Å². The minimum absolute atomic E-state index is 0.00127. The van der Waals surface area contributed by atoms with Crippen molar-refractivity contribution in [3.05, 3.63) is 18.1 Å². The summed E-state index contributed by atoms with van der Waals surface area (Å²) in [5, 5.41) is 10.9. The van der Waals surface area contributed by atoms with Crippen LogP contribution in [-0.2, 0) is 19.2 Å². The van der Waals surface area contributed by atoms with Crippen molar-refractivity contribution in [2.45, 2.75) is 6.92 Å². The smallest absolute Gasteiger partial charge is 0.361 e. The van der Waals surface area contributed by atoms with Crippen molar-refractivity contribution in [1.29, 1.82) is 0 Å². The lowest BCUT2D eigenvalue weighted by molar-refractivity contribution is -0.132. The standard InChI is InChI=1S/C12H15N5O5/c1-8(5-15-20-3)16-22-11-9(6-13-7-14-11)10(17-21-4)12(18)19-2/h5-7H,1-4H3/b15-5?,16-8+,17-10+. The van der Waals surface area contributed by atoms with Gasteiger partial charge in [0.1, 0.15) is 20.5 Å². The molecule has 0 spiro atoms. The van der Waals surface area contributed by atoms with Gasteiger partial charge in [-0.15, -0.1) is 0 Å². The maximum atomic E-state index is 11.7. The van der Waals surface area contributed by atoms with E-state index in [9.17, 15) is 4.79 Å². The number of oxime groups is 3. The van der Waals surface area contributed by atoms with E-state index in [0.29, 0.717) is 5.71 Å². The minimum atomic E-state index is -0.733. The minimum Gasteiger partial charge on any atom is -0.464 e. The van der Waals surface area contributed by atoms with Crippen molar-refractivity contribution in [2.24, 2.45) is 15.5 Å². The van der Waals surface area contributed by atoms with Crippen LogP contribution in [0.5, 0.6) is 5.88 Å². The Morgan fingerprint density at radius 2 is 2.00 bits per heavy atom. The second-order valence-electron chi connectivity index (χ2n) is 3.60. The summed E-state index contributed by atoms with van der Waals surface area (Å²) in [6.45, 7) is 1.63. The molecule has 10 nitrogen and oxygen atoms in total. The largest absolute Gasteiger partial charge is 0.464 e. The third kappa shape index (κ3) is 4.81. The van der Waals surface area contributed by atoms with Crippen LogP contribution in [0.2, 0.25) is 0 Å². The fraction of sp³-hybridized carbons (Fsp3) is 0.333. The highest BCUT2D eigenvalue weighted by Gasteiger charge is 2.22. The third-order valence-corrected chi connectivity index (χ3v) is 2.11. The van der Waals surface area contributed by atoms with Crippen molar-refractivity contribution >= 4 is 23.6 Å². The SMILES string of the molecule is CON=C/C(C)=N/Oc1ncncc1/C(=N\OC)C(=O)OC. The summed E-state index contributed by atoms with van der Waals surface area (Å²) in [5.41, 5.74) is 0.421. The molecule has 0 fully saturated rings. The molecule has 1 rings (SSSR count). The number of rotatable bonds is 7. The Hall–Kier alpha value is -3.04. The van der Waals surface area contributed by atoms with Crippen molar-refractivity contribution in [3.63, 3.8) is 0 Å². The first-order chi connectivity index (χ1) is 10.6. The summed E-state index contributed by atoms with van der Waals surface area (Å²) in [4.78, 5) is 33.7. The predicted molar refractivity (Wildman–Crippen MR) is 76.8 cm³/mol. The fourth-order valence-electron chi connectivity index (χ4n) is 1.21. The first-order valence-corrected chi connectivity index (χ1v) is 5.92. The Balaban J connectivity index is 3.10. The highest BCUT2D eigenvalue weighted by atomic mass is 16.6. The molecule has 1 aromatic rings. The zero-order chi connectivity index (χ0) is 16.4. The van der Waals surface area contributed by atoms with Crippen LogP contribution in [0.3, 0.4) is 0 Å². The summed E-state index contributed by atoms with van der Waals surface area (Å²) in [6.07, 6.45) is 3.89. The monoisotopic (exact) mass is 309 g/mol. The molecule has 0 atom stereocenters. The van der Waals surface area contributed by atoms with Gasteiger partial charge in [0.25, 0.3) is 5.88 Å². The summed E-state index contributed by atoms with van der Waals surface area (Å²) in [5.74, 6) is -0.732. The Kier molecular flexibility index (Phi) is 6.96. The molecule has 1 aromatic heterocycles. The molecule has 0 aromatic carbocycles. The number of aromatic nitrogens is 2. The van der Waals surface area contributed by atoms with Crippen LogP contribution < -0.4 is 4.84 Å². The van der Waals surface area contributed by atoms with Crippen molar-refractivity contribution in [3.8, 4) is 5.88 Å². The topological polar surface area (TPSA) is 117 Å². The molecule has 10 heteroatoms. The quantitative estimate of drug-likeness (QED) is 0.406. The second-order valence-corrected chi connectivity index (χ2v) is 3.60. The van der Waals surface area contributed by atoms with Gasteiger partial charge in [0, 0.05) is 6.20 Å². The van der Waals surface area contributed by atoms with Crippen LogP contribution >= 0.6 is 0 Å². The third-order valence-electron chi connectivity index (χ3n) is 2.11. The number of hydrogen-bond donors (Lipinski definition) is 0. The number of carbonyl (C=O) groups excluding carboxylic acids is 1. The highest BCUT2D eigenvalue weighted by Crippen LogP contribution is 2.15. The van der Waals surface area contributed by atoms with Gasteiger partial charge in [-0.2, -0.15) is 4.98 Å². The zero-order valence-corrected chi connectivity index (χ0v) is 12.5. The number of ether oxygens (including phenoxy) is 1. The first-order valence-electron chi connectivity index (χ1n) is 5.92. The van der Waals surface area contributed by atoms with Gasteiger partial charge in [0.05, 0.1) is 24.6 Å². The number of esters is 1. The van der Waals surface area contributed by atoms with E-state index >= 15 is 0 Å². The van der Waals surface area contributed by atoms with Gasteiger partial charge in [-0.3, -0.25) is 0 Å². The highest BCUT2D eigenvalue weighted by molar-refractivity contribution is 6.43. The normalized spacial score (nSPS) is 12.2. The molecule has 0 bridgehead atoms. The molecule has 0 aliphatic carbocycles. The van der Waals surface area contributed by atoms with Crippen LogP contribution in [0.15, 0.2) is 28.0 Å². The fourth-order valence-corrected chi connectivity index (χ4v) is 1.21. The summed E-state index contributed by atoms with van der Waals surface area (Å²) in [6, 6.07) is 0. The van der Waals surface area contributed by atoms with Crippen LogP contribution in [0.4, 0.5) is 0 Å². The molecular weight excluding hydrogens is 294 g/mol. The van der Waals surface area contributed by atoms with E-state index in [1.54, 1.807) is 6.92 Å². The zero-order valence-electron chi connectivity index (χ0n) is 12.5. The molecule has 0 amide bonds. The lowest BCUT2D eigenvalue weighted by Gasteiger charge is -2.06. The van der Waals surface area contributed by atoms with Crippen LogP contribution in [0, 0.1) is 0 Å². The van der Waals surface area contributed by atoms with Gasteiger partial charge in [-0.05, 0) is 6.92 Å². The maximum absolute atomic E-state index is 11.7. The van der Waals surface area contributed by atoms with E-state index in [4.69, 9.17) is 4.84 Å². The summed E-state index contributed by atoms with van der Waals surface area (Å²) in [7, 11) is 3.90. The molecule has 22 heavy (non-hydrogen) atoms.